The number of carbonyl (C=O) groups is 5. The molecule has 3 aliphatic rings. The fraction of sp³-hybridized carbons (Fsp3) is 0.593. The Morgan fingerprint density at radius 3 is 2.16 bits per heavy atom. The number of aromatic hydroxyl groups is 1. The normalized spacial score (nSPS) is 35.8. The molecule has 0 aromatic heterocycles. The summed E-state index contributed by atoms with van der Waals surface area (Å²) < 4.78 is 0. The van der Waals surface area contributed by atoms with Gasteiger partial charge in [0.15, 0.2) is 34.7 Å². The van der Waals surface area contributed by atoms with Gasteiger partial charge in [0.1, 0.15) is 5.75 Å². The van der Waals surface area contributed by atoms with Gasteiger partial charge in [-0.15, -0.1) is 0 Å². The van der Waals surface area contributed by atoms with Crippen LogP contribution in [0.4, 0.5) is 0 Å². The van der Waals surface area contributed by atoms with E-state index in [9.17, 15) is 39.3 Å². The van der Waals surface area contributed by atoms with Crippen molar-refractivity contribution in [1.82, 2.24) is 4.90 Å². The first kappa shape index (κ1) is 27.1. The molecule has 5 N–H and O–H groups in total. The first-order chi connectivity index (χ1) is 16.9. The van der Waals surface area contributed by atoms with Crippen molar-refractivity contribution in [3.63, 3.8) is 0 Å². The lowest BCUT2D eigenvalue weighted by Crippen LogP contribution is -2.77. The predicted molar refractivity (Wildman–Crippen MR) is 131 cm³/mol. The van der Waals surface area contributed by atoms with Gasteiger partial charge in [-0.1, -0.05) is 33.8 Å². The van der Waals surface area contributed by atoms with E-state index < -0.39 is 81.8 Å². The highest BCUT2D eigenvalue weighted by Gasteiger charge is 2.73. The number of hydrogen-bond acceptors (Lipinski definition) is 9. The average Bonchev–Trinajstić information content (AvgIpc) is 2.76. The molecule has 0 aliphatic heterocycles. The maximum Gasteiger partial charge on any atom is 0.235 e. The van der Waals surface area contributed by atoms with E-state index in [1.54, 1.807) is 19.9 Å². The van der Waals surface area contributed by atoms with Crippen molar-refractivity contribution in [2.75, 3.05) is 14.1 Å². The second-order valence-corrected chi connectivity index (χ2v) is 12.0. The summed E-state index contributed by atoms with van der Waals surface area (Å²) in [5.41, 5.74) is 3.36. The highest BCUT2D eigenvalue weighted by Crippen LogP contribution is 2.55. The third-order valence-corrected chi connectivity index (χ3v) is 8.60. The van der Waals surface area contributed by atoms with E-state index in [0.717, 1.165) is 0 Å². The number of ketones is 4. The Kier molecular flexibility index (Phi) is 6.06. The molecule has 1 aromatic rings. The molecular formula is C27H34N2O8. The molecule has 0 radical (unpaired) electrons. The molecule has 1 aromatic carbocycles. The largest absolute Gasteiger partial charge is 0.507 e. The van der Waals surface area contributed by atoms with Crippen LogP contribution in [0.2, 0.25) is 0 Å². The quantitative estimate of drug-likeness (QED) is 0.396. The van der Waals surface area contributed by atoms with Crippen LogP contribution in [-0.4, -0.2) is 81.1 Å². The van der Waals surface area contributed by atoms with E-state index in [1.165, 1.54) is 19.0 Å². The molecule has 10 heteroatoms. The van der Waals surface area contributed by atoms with Crippen LogP contribution in [0.15, 0.2) is 6.07 Å². The van der Waals surface area contributed by atoms with Crippen molar-refractivity contribution >= 4 is 29.0 Å². The van der Waals surface area contributed by atoms with Crippen molar-refractivity contribution < 1.29 is 39.3 Å². The van der Waals surface area contributed by atoms with Gasteiger partial charge in [-0.2, -0.15) is 0 Å². The Balaban J connectivity index is 2.00. The summed E-state index contributed by atoms with van der Waals surface area (Å²) in [4.78, 5) is 68.0. The van der Waals surface area contributed by atoms with E-state index in [0.29, 0.717) is 16.7 Å². The maximum absolute atomic E-state index is 14.0. The van der Waals surface area contributed by atoms with Gasteiger partial charge in [-0.25, -0.2) is 0 Å². The smallest absolute Gasteiger partial charge is 0.235 e. The van der Waals surface area contributed by atoms with E-state index in [-0.39, 0.29) is 11.3 Å². The van der Waals surface area contributed by atoms with Crippen molar-refractivity contribution in [1.29, 1.82) is 0 Å². The van der Waals surface area contributed by atoms with Crippen molar-refractivity contribution in [2.24, 2.45) is 29.4 Å². The van der Waals surface area contributed by atoms with Gasteiger partial charge in [0, 0.05) is 11.5 Å². The molecule has 0 spiro atoms. The van der Waals surface area contributed by atoms with Gasteiger partial charge in [0.2, 0.25) is 5.91 Å². The monoisotopic (exact) mass is 514 g/mol. The SMILES string of the molecule is Cc1cc(C(C)(C)C)c(O)c2c1C(C)C1C(C2=O)C(=O)C2(O)C(=O)C(C(N)=O)C(=O)C(N(C)C)C2C1O. The molecule has 2 saturated carbocycles. The summed E-state index contributed by atoms with van der Waals surface area (Å²) in [5.74, 6) is -13.1. The molecule has 200 valence electrons. The van der Waals surface area contributed by atoms with Crippen LogP contribution in [-0.2, 0) is 24.6 Å². The van der Waals surface area contributed by atoms with Crippen LogP contribution in [0.5, 0.6) is 5.75 Å². The van der Waals surface area contributed by atoms with Gasteiger partial charge in [-0.3, -0.25) is 28.9 Å². The number of aryl methyl sites for hydroxylation is 1. The minimum absolute atomic E-state index is 0.0729. The number of nitrogens with zero attached hydrogens (tertiary/aromatic N) is 1. The second-order valence-electron chi connectivity index (χ2n) is 12.0. The number of likely N-dealkylation sites (N-methyl/N-ethyl adjacent to an activating group) is 1. The molecule has 0 heterocycles. The number of Topliss-reactive ketones (excluding diaryl/α,β-unsaturated/α-hetero) is 4. The molecule has 37 heavy (non-hydrogen) atoms. The van der Waals surface area contributed by atoms with Gasteiger partial charge in [-0.05, 0) is 43.5 Å². The number of fused-ring (bicyclic) bond motifs is 3. The molecule has 4 rings (SSSR count). The zero-order valence-corrected chi connectivity index (χ0v) is 22.0. The summed E-state index contributed by atoms with van der Waals surface area (Å²) in [5, 5.41) is 34.5. The zero-order valence-electron chi connectivity index (χ0n) is 22.0. The van der Waals surface area contributed by atoms with E-state index in [2.05, 4.69) is 0 Å². The second kappa shape index (κ2) is 8.28. The molecule has 0 bridgehead atoms. The Bertz CT molecular complexity index is 1260. The standard InChI is InChI=1S/C27H34N2O8/c1-9-8-11(26(3,4)5)19(30)14-12(9)10(2)13-15(20(14)31)23(34)27(37)17(21(13)32)18(29(6)7)22(33)16(24(27)35)25(28)36/h8,10,13,15-18,21,30,32,37H,1-7H3,(H2,28,36). The highest BCUT2D eigenvalue weighted by molar-refractivity contribution is 6.32. The number of hydrogen-bond donors (Lipinski definition) is 4. The summed E-state index contributed by atoms with van der Waals surface area (Å²) in [6, 6.07) is 0.390. The summed E-state index contributed by atoms with van der Waals surface area (Å²) in [6.07, 6.45) is -1.64. The number of benzene rings is 1. The van der Waals surface area contributed by atoms with Crippen LogP contribution in [0.3, 0.4) is 0 Å². The third kappa shape index (κ3) is 3.38. The lowest BCUT2D eigenvalue weighted by atomic mass is 9.49. The number of aliphatic hydroxyl groups is 2. The predicted octanol–water partition coefficient (Wildman–Crippen LogP) is 0.00472. The molecule has 1 amide bonds. The number of aliphatic hydroxyl groups excluding tert-OH is 1. The van der Waals surface area contributed by atoms with Gasteiger partial charge in [0.05, 0.1) is 29.5 Å². The Labute approximate surface area is 214 Å². The topological polar surface area (TPSA) is 175 Å². The molecule has 3 aliphatic carbocycles. The molecule has 0 saturated heterocycles. The van der Waals surface area contributed by atoms with Crippen molar-refractivity contribution in [3.05, 3.63) is 28.3 Å². The van der Waals surface area contributed by atoms with Gasteiger partial charge >= 0.3 is 0 Å². The highest BCUT2D eigenvalue weighted by atomic mass is 16.3. The minimum Gasteiger partial charge on any atom is -0.507 e. The number of carbonyl (C=O) groups excluding carboxylic acids is 5. The molecule has 8 atom stereocenters. The fourth-order valence-electron chi connectivity index (χ4n) is 6.96. The third-order valence-electron chi connectivity index (χ3n) is 8.60. The molecule has 10 nitrogen and oxygen atoms in total. The average molecular weight is 515 g/mol. The molecular weight excluding hydrogens is 480 g/mol. The number of rotatable bonds is 2. The number of phenols is 1. The van der Waals surface area contributed by atoms with Crippen molar-refractivity contribution in [2.45, 2.75) is 63.7 Å². The number of phenolic OH excluding ortho intramolecular Hbond substituents is 1. The first-order valence-corrected chi connectivity index (χ1v) is 12.3. The van der Waals surface area contributed by atoms with E-state index in [1.807, 2.05) is 20.8 Å². The Morgan fingerprint density at radius 1 is 1.11 bits per heavy atom. The molecule has 8 unspecified atom stereocenters. The van der Waals surface area contributed by atoms with Crippen molar-refractivity contribution in [3.8, 4) is 5.75 Å². The Morgan fingerprint density at radius 2 is 1.68 bits per heavy atom. The number of primary amides is 1. The van der Waals surface area contributed by atoms with E-state index >= 15 is 0 Å². The summed E-state index contributed by atoms with van der Waals surface area (Å²) in [6.45, 7) is 9.06. The fourth-order valence-corrected chi connectivity index (χ4v) is 6.96. The summed E-state index contributed by atoms with van der Waals surface area (Å²) in [7, 11) is 2.92. The van der Waals surface area contributed by atoms with Gasteiger partial charge in [0.25, 0.3) is 0 Å². The Hall–Kier alpha value is -2.95. The maximum atomic E-state index is 14.0. The van der Waals surface area contributed by atoms with Crippen LogP contribution < -0.4 is 5.73 Å². The van der Waals surface area contributed by atoms with E-state index in [4.69, 9.17) is 5.73 Å². The van der Waals surface area contributed by atoms with Crippen LogP contribution in [0.25, 0.3) is 0 Å². The summed E-state index contributed by atoms with van der Waals surface area (Å²) >= 11 is 0. The number of nitrogens with two attached hydrogens (primary N) is 1. The number of amides is 1. The van der Waals surface area contributed by atoms with Crippen LogP contribution in [0.1, 0.15) is 60.7 Å². The lowest BCUT2D eigenvalue weighted by Gasteiger charge is -2.56. The first-order valence-electron chi connectivity index (χ1n) is 12.3. The van der Waals surface area contributed by atoms with Gasteiger partial charge < -0.3 is 21.1 Å². The minimum atomic E-state index is -3.00. The van der Waals surface area contributed by atoms with Crippen LogP contribution in [0, 0.1) is 30.6 Å². The molecule has 2 fully saturated rings. The van der Waals surface area contributed by atoms with Crippen LogP contribution >= 0.6 is 0 Å². The zero-order chi connectivity index (χ0) is 28.1. The lowest BCUT2D eigenvalue weighted by molar-refractivity contribution is -0.196.